The van der Waals surface area contributed by atoms with E-state index in [4.69, 9.17) is 23.9 Å². The SMILES string of the molecule is CCNC(=NCC(c1ccc(OC)c(OC)c1)N1CCOCC1)NCC1CN(C)CCO1.I. The van der Waals surface area contributed by atoms with E-state index in [2.05, 4.69) is 46.5 Å². The molecular formula is C23H40IN5O4. The van der Waals surface area contributed by atoms with Crippen LogP contribution in [0.15, 0.2) is 23.2 Å². The molecule has 2 N–H and O–H groups in total. The molecule has 0 aromatic heterocycles. The molecule has 2 aliphatic heterocycles. The van der Waals surface area contributed by atoms with Crippen LogP contribution in [0.2, 0.25) is 0 Å². The molecule has 0 amide bonds. The standard InChI is InChI=1S/C23H39N5O4.HI/c1-5-24-23(25-15-19-17-27(2)8-13-32-19)26-16-20(28-9-11-31-12-10-28)18-6-7-21(29-3)22(14-18)30-4;/h6-7,14,19-20H,5,8-13,15-17H2,1-4H3,(H2,24,25,26);1H. The average molecular weight is 578 g/mol. The van der Waals surface area contributed by atoms with E-state index in [9.17, 15) is 0 Å². The summed E-state index contributed by atoms with van der Waals surface area (Å²) in [6.07, 6.45) is 0.165. The largest absolute Gasteiger partial charge is 0.493 e. The fourth-order valence-corrected chi connectivity index (χ4v) is 4.10. The number of benzene rings is 1. The number of hydrogen-bond donors (Lipinski definition) is 2. The molecule has 2 unspecified atom stereocenters. The van der Waals surface area contributed by atoms with Crippen molar-refractivity contribution < 1.29 is 18.9 Å². The van der Waals surface area contributed by atoms with Crippen LogP contribution in [0.25, 0.3) is 0 Å². The third-order valence-corrected chi connectivity index (χ3v) is 5.88. The van der Waals surface area contributed by atoms with Crippen molar-refractivity contribution in [1.29, 1.82) is 0 Å². The van der Waals surface area contributed by atoms with E-state index < -0.39 is 0 Å². The summed E-state index contributed by atoms with van der Waals surface area (Å²) in [7, 11) is 5.45. The van der Waals surface area contributed by atoms with Crippen LogP contribution in [0.5, 0.6) is 11.5 Å². The van der Waals surface area contributed by atoms with Gasteiger partial charge in [0.2, 0.25) is 0 Å². The van der Waals surface area contributed by atoms with E-state index in [1.54, 1.807) is 14.2 Å². The van der Waals surface area contributed by atoms with Crippen molar-refractivity contribution in [3.05, 3.63) is 23.8 Å². The van der Waals surface area contributed by atoms with E-state index in [0.29, 0.717) is 6.54 Å². The van der Waals surface area contributed by atoms with Crippen LogP contribution in [0, 0.1) is 0 Å². The fraction of sp³-hybridized carbons (Fsp3) is 0.696. The summed E-state index contributed by atoms with van der Waals surface area (Å²) in [5.74, 6) is 2.27. The maximum Gasteiger partial charge on any atom is 0.191 e. The lowest BCUT2D eigenvalue weighted by atomic mass is 10.0. The van der Waals surface area contributed by atoms with E-state index in [-0.39, 0.29) is 36.1 Å². The number of nitrogens with one attached hydrogen (secondary N) is 2. The van der Waals surface area contributed by atoms with Gasteiger partial charge in [-0.2, -0.15) is 0 Å². The number of nitrogens with zero attached hydrogens (tertiary/aromatic N) is 3. The molecule has 0 bridgehead atoms. The lowest BCUT2D eigenvalue weighted by Crippen LogP contribution is -2.48. The van der Waals surface area contributed by atoms with Crippen molar-refractivity contribution in [2.75, 3.05) is 86.9 Å². The third kappa shape index (κ3) is 8.43. The summed E-state index contributed by atoms with van der Waals surface area (Å²) in [6.45, 7) is 10.1. The van der Waals surface area contributed by atoms with Crippen LogP contribution in [-0.4, -0.2) is 109 Å². The predicted octanol–water partition coefficient (Wildman–Crippen LogP) is 1.58. The molecular weight excluding hydrogens is 537 g/mol. The second-order valence-electron chi connectivity index (χ2n) is 8.13. The molecule has 0 spiro atoms. The number of morpholine rings is 2. The summed E-state index contributed by atoms with van der Waals surface area (Å²) < 4.78 is 22.4. The zero-order valence-corrected chi connectivity index (χ0v) is 22.7. The van der Waals surface area contributed by atoms with Crippen LogP contribution in [0.3, 0.4) is 0 Å². The molecule has 2 atom stereocenters. The van der Waals surface area contributed by atoms with Gasteiger partial charge in [-0.3, -0.25) is 9.89 Å². The van der Waals surface area contributed by atoms with Gasteiger partial charge >= 0.3 is 0 Å². The van der Waals surface area contributed by atoms with E-state index in [1.165, 1.54) is 0 Å². The van der Waals surface area contributed by atoms with Gasteiger partial charge in [0.05, 0.1) is 52.7 Å². The Morgan fingerprint density at radius 1 is 1.12 bits per heavy atom. The molecule has 1 aromatic rings. The monoisotopic (exact) mass is 577 g/mol. The Labute approximate surface area is 215 Å². The van der Waals surface area contributed by atoms with E-state index in [0.717, 1.165) is 82.1 Å². The number of methoxy groups -OCH3 is 2. The summed E-state index contributed by atoms with van der Waals surface area (Å²) in [4.78, 5) is 9.66. The number of rotatable bonds is 9. The maximum absolute atomic E-state index is 5.88. The van der Waals surface area contributed by atoms with Gasteiger partial charge in [-0.05, 0) is 31.7 Å². The minimum atomic E-state index is 0. The Hall–Kier alpha value is -1.34. The van der Waals surface area contributed by atoms with Crippen LogP contribution in [0.1, 0.15) is 18.5 Å². The Morgan fingerprint density at radius 2 is 1.88 bits per heavy atom. The topological polar surface area (TPSA) is 79.8 Å². The highest BCUT2D eigenvalue weighted by Crippen LogP contribution is 2.32. The summed E-state index contributed by atoms with van der Waals surface area (Å²) in [5.41, 5.74) is 1.15. The van der Waals surface area contributed by atoms with Gasteiger partial charge in [-0.1, -0.05) is 6.07 Å². The van der Waals surface area contributed by atoms with Gasteiger partial charge in [0.25, 0.3) is 0 Å². The van der Waals surface area contributed by atoms with Gasteiger partial charge in [0.15, 0.2) is 17.5 Å². The first-order chi connectivity index (χ1) is 15.6. The second-order valence-corrected chi connectivity index (χ2v) is 8.13. The highest BCUT2D eigenvalue weighted by Gasteiger charge is 2.24. The molecule has 9 nitrogen and oxygen atoms in total. The van der Waals surface area contributed by atoms with Crippen LogP contribution in [0.4, 0.5) is 0 Å². The Morgan fingerprint density at radius 3 is 2.55 bits per heavy atom. The summed E-state index contributed by atoms with van der Waals surface area (Å²) in [6, 6.07) is 6.24. The molecule has 2 aliphatic rings. The number of halogens is 1. The minimum absolute atomic E-state index is 0. The number of ether oxygens (including phenoxy) is 4. The highest BCUT2D eigenvalue weighted by molar-refractivity contribution is 14.0. The molecule has 0 aliphatic carbocycles. The molecule has 33 heavy (non-hydrogen) atoms. The van der Waals surface area contributed by atoms with Gasteiger partial charge in [-0.15, -0.1) is 24.0 Å². The number of hydrogen-bond acceptors (Lipinski definition) is 7. The zero-order chi connectivity index (χ0) is 22.8. The van der Waals surface area contributed by atoms with Crippen molar-refractivity contribution in [1.82, 2.24) is 20.4 Å². The normalized spacial score (nSPS) is 21.1. The smallest absolute Gasteiger partial charge is 0.191 e. The third-order valence-electron chi connectivity index (χ3n) is 5.88. The Kier molecular flexibility index (Phi) is 12.5. The van der Waals surface area contributed by atoms with Crippen molar-refractivity contribution in [2.45, 2.75) is 19.1 Å². The molecule has 0 radical (unpaired) electrons. The molecule has 2 heterocycles. The number of aliphatic imine (C=N–C) groups is 1. The first-order valence-corrected chi connectivity index (χ1v) is 11.5. The summed E-state index contributed by atoms with van der Waals surface area (Å²) in [5, 5.41) is 6.83. The van der Waals surface area contributed by atoms with Crippen LogP contribution < -0.4 is 20.1 Å². The van der Waals surface area contributed by atoms with Gasteiger partial charge in [0, 0.05) is 39.3 Å². The van der Waals surface area contributed by atoms with Gasteiger partial charge < -0.3 is 34.5 Å². The molecule has 3 rings (SSSR count). The molecule has 10 heteroatoms. The molecule has 0 saturated carbocycles. The first-order valence-electron chi connectivity index (χ1n) is 11.5. The zero-order valence-electron chi connectivity index (χ0n) is 20.3. The fourth-order valence-electron chi connectivity index (χ4n) is 4.10. The van der Waals surface area contributed by atoms with Crippen molar-refractivity contribution in [3.63, 3.8) is 0 Å². The van der Waals surface area contributed by atoms with Crippen LogP contribution in [-0.2, 0) is 9.47 Å². The molecule has 2 saturated heterocycles. The lowest BCUT2D eigenvalue weighted by Gasteiger charge is -2.34. The number of likely N-dealkylation sites (N-methyl/N-ethyl adjacent to an activating group) is 1. The maximum atomic E-state index is 5.88. The molecule has 2 fully saturated rings. The van der Waals surface area contributed by atoms with E-state index in [1.807, 2.05) is 6.07 Å². The summed E-state index contributed by atoms with van der Waals surface area (Å²) >= 11 is 0. The van der Waals surface area contributed by atoms with Gasteiger partial charge in [-0.25, -0.2) is 0 Å². The van der Waals surface area contributed by atoms with Gasteiger partial charge in [0.1, 0.15) is 0 Å². The Bertz CT molecular complexity index is 733. The predicted molar refractivity (Wildman–Crippen MR) is 141 cm³/mol. The van der Waals surface area contributed by atoms with Crippen LogP contribution >= 0.6 is 24.0 Å². The highest BCUT2D eigenvalue weighted by atomic mass is 127. The van der Waals surface area contributed by atoms with E-state index >= 15 is 0 Å². The Balaban J connectivity index is 0.00000385. The second kappa shape index (κ2) is 14.8. The molecule has 1 aromatic carbocycles. The number of guanidine groups is 1. The minimum Gasteiger partial charge on any atom is -0.493 e. The van der Waals surface area contributed by atoms with Crippen molar-refractivity contribution >= 4 is 29.9 Å². The lowest BCUT2D eigenvalue weighted by molar-refractivity contribution is -0.0161. The quantitative estimate of drug-likeness (QED) is 0.261. The molecule has 188 valence electrons. The first kappa shape index (κ1) is 27.9. The van der Waals surface area contributed by atoms with Crippen molar-refractivity contribution in [2.24, 2.45) is 4.99 Å². The van der Waals surface area contributed by atoms with Crippen molar-refractivity contribution in [3.8, 4) is 11.5 Å². The average Bonchev–Trinajstić information content (AvgIpc) is 2.83.